The number of aryl methyl sites for hydroxylation is 1. The molecule has 1 aliphatic rings. The highest BCUT2D eigenvalue weighted by Crippen LogP contribution is 2.27. The molecule has 0 saturated carbocycles. The lowest BCUT2D eigenvalue weighted by Crippen LogP contribution is -2.40. The Morgan fingerprint density at radius 1 is 1.23 bits per heavy atom. The Labute approximate surface area is 177 Å². The maximum atomic E-state index is 13.1. The van der Waals surface area contributed by atoms with E-state index in [1.54, 1.807) is 13.2 Å². The van der Waals surface area contributed by atoms with Crippen molar-refractivity contribution in [2.75, 3.05) is 25.5 Å². The van der Waals surface area contributed by atoms with Crippen LogP contribution in [-0.4, -0.2) is 38.8 Å². The topological polar surface area (TPSA) is 75.7 Å². The second-order valence-corrected chi connectivity index (χ2v) is 9.53. The number of sulfonamides is 1. The molecule has 1 heterocycles. The van der Waals surface area contributed by atoms with Crippen molar-refractivity contribution in [2.24, 2.45) is 5.92 Å². The number of benzene rings is 2. The second kappa shape index (κ2) is 9.57. The predicted octanol–water partition coefficient (Wildman–Crippen LogP) is 3.96. The molecule has 1 amide bonds. The molecular formula is C22H27FN2O4S. The molecular weight excluding hydrogens is 407 g/mol. The minimum absolute atomic E-state index is 0.0947. The molecule has 1 atom stereocenters. The van der Waals surface area contributed by atoms with Crippen LogP contribution < -0.4 is 10.1 Å². The van der Waals surface area contributed by atoms with Crippen molar-refractivity contribution in [1.29, 1.82) is 0 Å². The Balaban J connectivity index is 1.56. The molecule has 1 N–H and O–H groups in total. The zero-order chi connectivity index (χ0) is 21.7. The quantitative estimate of drug-likeness (QED) is 0.716. The van der Waals surface area contributed by atoms with Crippen molar-refractivity contribution in [3.8, 4) is 5.75 Å². The van der Waals surface area contributed by atoms with Crippen LogP contribution in [0, 0.1) is 18.7 Å². The number of carbonyl (C=O) groups is 1. The summed E-state index contributed by atoms with van der Waals surface area (Å²) in [5, 5.41) is 2.91. The number of halogens is 1. The summed E-state index contributed by atoms with van der Waals surface area (Å²) in [6.45, 7) is 2.71. The van der Waals surface area contributed by atoms with E-state index in [4.69, 9.17) is 4.74 Å². The summed E-state index contributed by atoms with van der Waals surface area (Å²) < 4.78 is 45.4. The lowest BCUT2D eigenvalue weighted by Gasteiger charge is -2.32. The standard InChI is InChI=1S/C22H27FN2O4S/c1-16-14-19(29-2)8-11-21(16)24-22(26)12-5-17-4-3-13-25(15-17)30(27,28)20-9-6-18(23)7-10-20/h6-11,14,17H,3-5,12-13,15H2,1-2H3,(H,24,26)/t17-/m1/s1. The zero-order valence-electron chi connectivity index (χ0n) is 17.2. The third-order valence-electron chi connectivity index (χ3n) is 5.42. The molecule has 0 aliphatic carbocycles. The Morgan fingerprint density at radius 3 is 2.63 bits per heavy atom. The van der Waals surface area contributed by atoms with Crippen molar-refractivity contribution in [2.45, 2.75) is 37.5 Å². The first-order valence-corrected chi connectivity index (χ1v) is 11.4. The number of piperidine rings is 1. The van der Waals surface area contributed by atoms with Gasteiger partial charge in [0.25, 0.3) is 0 Å². The van der Waals surface area contributed by atoms with Gasteiger partial charge in [0.15, 0.2) is 0 Å². The summed E-state index contributed by atoms with van der Waals surface area (Å²) in [6, 6.07) is 10.3. The van der Waals surface area contributed by atoms with Gasteiger partial charge in [0.2, 0.25) is 15.9 Å². The van der Waals surface area contributed by atoms with Gasteiger partial charge >= 0.3 is 0 Å². The molecule has 8 heteroatoms. The number of amides is 1. The molecule has 2 aromatic carbocycles. The summed E-state index contributed by atoms with van der Waals surface area (Å²) in [5.41, 5.74) is 1.65. The van der Waals surface area contributed by atoms with Crippen molar-refractivity contribution in [3.63, 3.8) is 0 Å². The van der Waals surface area contributed by atoms with Crippen molar-refractivity contribution in [3.05, 3.63) is 53.8 Å². The van der Waals surface area contributed by atoms with Crippen LogP contribution in [0.25, 0.3) is 0 Å². The highest BCUT2D eigenvalue weighted by atomic mass is 32.2. The Bertz CT molecular complexity index is 993. The minimum atomic E-state index is -3.66. The Hall–Kier alpha value is -2.45. The van der Waals surface area contributed by atoms with Gasteiger partial charge in [-0.3, -0.25) is 4.79 Å². The molecule has 0 radical (unpaired) electrons. The van der Waals surface area contributed by atoms with Gasteiger partial charge < -0.3 is 10.1 Å². The van der Waals surface area contributed by atoms with E-state index in [-0.39, 0.29) is 16.7 Å². The van der Waals surface area contributed by atoms with Crippen LogP contribution in [0.3, 0.4) is 0 Å². The van der Waals surface area contributed by atoms with Gasteiger partial charge in [-0.05, 0) is 80.1 Å². The molecule has 0 aromatic heterocycles. The zero-order valence-corrected chi connectivity index (χ0v) is 18.0. The van der Waals surface area contributed by atoms with Gasteiger partial charge in [0, 0.05) is 25.2 Å². The first kappa shape index (κ1) is 22.2. The average molecular weight is 435 g/mol. The summed E-state index contributed by atoms with van der Waals surface area (Å²) >= 11 is 0. The highest BCUT2D eigenvalue weighted by molar-refractivity contribution is 7.89. The fourth-order valence-electron chi connectivity index (χ4n) is 3.69. The number of nitrogens with one attached hydrogen (secondary N) is 1. The van der Waals surface area contributed by atoms with Gasteiger partial charge in [0.05, 0.1) is 12.0 Å². The van der Waals surface area contributed by atoms with Crippen LogP contribution in [0.4, 0.5) is 10.1 Å². The van der Waals surface area contributed by atoms with Gasteiger partial charge in [-0.2, -0.15) is 4.31 Å². The second-order valence-electron chi connectivity index (χ2n) is 7.59. The van der Waals surface area contributed by atoms with Crippen LogP contribution in [-0.2, 0) is 14.8 Å². The molecule has 0 spiro atoms. The van der Waals surface area contributed by atoms with E-state index in [1.165, 1.54) is 16.4 Å². The van der Waals surface area contributed by atoms with E-state index in [0.29, 0.717) is 25.9 Å². The number of carbonyl (C=O) groups excluding carboxylic acids is 1. The first-order chi connectivity index (χ1) is 14.3. The van der Waals surface area contributed by atoms with Crippen LogP contribution in [0.5, 0.6) is 5.75 Å². The maximum Gasteiger partial charge on any atom is 0.243 e. The van der Waals surface area contributed by atoms with E-state index in [2.05, 4.69) is 5.32 Å². The summed E-state index contributed by atoms with van der Waals surface area (Å²) in [6.07, 6.45) is 2.55. The largest absolute Gasteiger partial charge is 0.497 e. The molecule has 0 bridgehead atoms. The van der Waals surface area contributed by atoms with Crippen LogP contribution in [0.2, 0.25) is 0 Å². The number of hydrogen-bond acceptors (Lipinski definition) is 4. The number of methoxy groups -OCH3 is 1. The lowest BCUT2D eigenvalue weighted by atomic mass is 9.94. The molecule has 0 unspecified atom stereocenters. The number of hydrogen-bond donors (Lipinski definition) is 1. The summed E-state index contributed by atoms with van der Waals surface area (Å²) in [4.78, 5) is 12.5. The maximum absolute atomic E-state index is 13.1. The Kier molecular flexibility index (Phi) is 7.10. The van der Waals surface area contributed by atoms with E-state index >= 15 is 0 Å². The number of rotatable bonds is 7. The fourth-order valence-corrected chi connectivity index (χ4v) is 5.24. The van der Waals surface area contributed by atoms with Crippen molar-refractivity contribution >= 4 is 21.6 Å². The number of ether oxygens (including phenoxy) is 1. The average Bonchev–Trinajstić information content (AvgIpc) is 2.74. The molecule has 2 aromatic rings. The molecule has 1 aliphatic heterocycles. The third kappa shape index (κ3) is 5.37. The number of nitrogens with zero attached hydrogens (tertiary/aromatic N) is 1. The van der Waals surface area contributed by atoms with E-state index in [9.17, 15) is 17.6 Å². The predicted molar refractivity (Wildman–Crippen MR) is 113 cm³/mol. The van der Waals surface area contributed by atoms with Crippen molar-refractivity contribution in [1.82, 2.24) is 4.31 Å². The fraction of sp³-hybridized carbons (Fsp3) is 0.409. The van der Waals surface area contributed by atoms with Crippen LogP contribution in [0.15, 0.2) is 47.4 Å². The van der Waals surface area contributed by atoms with Gasteiger partial charge in [-0.25, -0.2) is 12.8 Å². The monoisotopic (exact) mass is 434 g/mol. The highest BCUT2D eigenvalue weighted by Gasteiger charge is 2.30. The normalized spacial score (nSPS) is 17.5. The molecule has 30 heavy (non-hydrogen) atoms. The van der Waals surface area contributed by atoms with E-state index < -0.39 is 15.8 Å². The Morgan fingerprint density at radius 2 is 1.97 bits per heavy atom. The van der Waals surface area contributed by atoms with Gasteiger partial charge in [-0.15, -0.1) is 0 Å². The molecule has 6 nitrogen and oxygen atoms in total. The van der Waals surface area contributed by atoms with E-state index in [0.717, 1.165) is 42.0 Å². The summed E-state index contributed by atoms with van der Waals surface area (Å²) in [5.74, 6) is 0.275. The molecule has 3 rings (SSSR count). The third-order valence-corrected chi connectivity index (χ3v) is 7.30. The molecule has 1 fully saturated rings. The SMILES string of the molecule is COc1ccc(NC(=O)CC[C@H]2CCCN(S(=O)(=O)c3ccc(F)cc3)C2)c(C)c1. The van der Waals surface area contributed by atoms with Crippen molar-refractivity contribution < 1.29 is 22.3 Å². The van der Waals surface area contributed by atoms with E-state index in [1.807, 2.05) is 19.1 Å². The minimum Gasteiger partial charge on any atom is -0.497 e. The molecule has 162 valence electrons. The smallest absolute Gasteiger partial charge is 0.243 e. The van der Waals surface area contributed by atoms with Gasteiger partial charge in [-0.1, -0.05) is 0 Å². The van der Waals surface area contributed by atoms with Crippen LogP contribution >= 0.6 is 0 Å². The molecule has 1 saturated heterocycles. The summed E-state index contributed by atoms with van der Waals surface area (Å²) in [7, 11) is -2.06. The lowest BCUT2D eigenvalue weighted by molar-refractivity contribution is -0.116. The van der Waals surface area contributed by atoms with Crippen LogP contribution in [0.1, 0.15) is 31.2 Å². The first-order valence-electron chi connectivity index (χ1n) is 10.00. The van der Waals surface area contributed by atoms with Gasteiger partial charge in [0.1, 0.15) is 11.6 Å². The number of anilines is 1.